The molecule has 0 saturated carbocycles. The average molecular weight is 396 g/mol. The molecule has 0 aromatic heterocycles. The van der Waals surface area contributed by atoms with Gasteiger partial charge < -0.3 is 10.1 Å². The van der Waals surface area contributed by atoms with E-state index in [4.69, 9.17) is 4.74 Å². The summed E-state index contributed by atoms with van der Waals surface area (Å²) in [5.74, 6) is 0.0899. The first-order valence-electron chi connectivity index (χ1n) is 10.6. The van der Waals surface area contributed by atoms with Gasteiger partial charge in [0.2, 0.25) is 5.91 Å². The largest absolute Gasteiger partial charge is 0.379 e. The fourth-order valence-corrected chi connectivity index (χ4v) is 3.86. The number of benzene rings is 2. The number of ether oxygens (including phenoxy) is 1. The molecule has 1 N–H and O–H groups in total. The number of nitrogens with zero attached hydrogens (tertiary/aromatic N) is 2. The molecule has 1 aliphatic heterocycles. The van der Waals surface area contributed by atoms with Crippen LogP contribution < -0.4 is 5.32 Å². The Morgan fingerprint density at radius 3 is 2.41 bits per heavy atom. The van der Waals surface area contributed by atoms with Gasteiger partial charge in [0.25, 0.3) is 0 Å². The van der Waals surface area contributed by atoms with Gasteiger partial charge in [-0.1, -0.05) is 61.5 Å². The second-order valence-electron chi connectivity index (χ2n) is 7.70. The van der Waals surface area contributed by atoms with E-state index in [0.717, 1.165) is 45.8 Å². The third kappa shape index (κ3) is 6.39. The lowest BCUT2D eigenvalue weighted by atomic mass is 10.1. The van der Waals surface area contributed by atoms with E-state index >= 15 is 0 Å². The maximum atomic E-state index is 12.9. The van der Waals surface area contributed by atoms with Crippen LogP contribution in [0.25, 0.3) is 0 Å². The Morgan fingerprint density at radius 2 is 1.72 bits per heavy atom. The predicted octanol–water partition coefficient (Wildman–Crippen LogP) is 3.05. The number of carbonyl (C=O) groups is 1. The lowest BCUT2D eigenvalue weighted by molar-refractivity contribution is -0.126. The molecule has 0 radical (unpaired) electrons. The van der Waals surface area contributed by atoms with Crippen molar-refractivity contribution in [2.24, 2.45) is 0 Å². The maximum absolute atomic E-state index is 12.9. The van der Waals surface area contributed by atoms with Crippen LogP contribution in [0.3, 0.4) is 0 Å². The lowest BCUT2D eigenvalue weighted by Crippen LogP contribution is -2.44. The Morgan fingerprint density at radius 1 is 1.07 bits per heavy atom. The molecular weight excluding hydrogens is 362 g/mol. The van der Waals surface area contributed by atoms with Gasteiger partial charge in [0.05, 0.1) is 19.3 Å². The van der Waals surface area contributed by atoms with Gasteiger partial charge in [0, 0.05) is 32.7 Å². The Kier molecular flexibility index (Phi) is 8.23. The summed E-state index contributed by atoms with van der Waals surface area (Å²) in [4.78, 5) is 17.4. The summed E-state index contributed by atoms with van der Waals surface area (Å²) in [5.41, 5.74) is 3.69. The molecule has 1 unspecified atom stereocenters. The van der Waals surface area contributed by atoms with Crippen LogP contribution in [-0.2, 0) is 29.2 Å². The first-order chi connectivity index (χ1) is 14.2. The second-order valence-corrected chi connectivity index (χ2v) is 7.70. The molecule has 156 valence electrons. The van der Waals surface area contributed by atoms with Gasteiger partial charge in [0.15, 0.2) is 0 Å². The van der Waals surface area contributed by atoms with Crippen molar-refractivity contribution in [3.63, 3.8) is 0 Å². The standard InChI is InChI=1S/C24H33N3O2/c1-3-23(26(2)18-20-9-5-4-6-10-20)24(28)25-17-21-11-7-8-12-22(21)19-27-13-15-29-16-14-27/h4-12,23H,3,13-19H2,1-2H3,(H,25,28). The number of amides is 1. The van der Waals surface area contributed by atoms with Gasteiger partial charge in [-0.2, -0.15) is 0 Å². The van der Waals surface area contributed by atoms with Crippen LogP contribution in [0.2, 0.25) is 0 Å². The summed E-state index contributed by atoms with van der Waals surface area (Å²) in [6.45, 7) is 7.81. The number of hydrogen-bond donors (Lipinski definition) is 1. The van der Waals surface area contributed by atoms with Gasteiger partial charge in [-0.15, -0.1) is 0 Å². The quantitative estimate of drug-likeness (QED) is 0.709. The van der Waals surface area contributed by atoms with E-state index in [1.165, 1.54) is 16.7 Å². The highest BCUT2D eigenvalue weighted by Gasteiger charge is 2.21. The molecule has 2 aromatic carbocycles. The summed E-state index contributed by atoms with van der Waals surface area (Å²) < 4.78 is 5.45. The van der Waals surface area contributed by atoms with Crippen molar-refractivity contribution in [3.05, 3.63) is 71.3 Å². The minimum atomic E-state index is -0.137. The molecule has 5 nitrogen and oxygen atoms in total. The number of nitrogens with one attached hydrogen (secondary N) is 1. The zero-order valence-corrected chi connectivity index (χ0v) is 17.6. The fraction of sp³-hybridized carbons (Fsp3) is 0.458. The molecule has 5 heteroatoms. The molecule has 0 spiro atoms. The number of rotatable bonds is 9. The second kappa shape index (κ2) is 11.1. The lowest BCUT2D eigenvalue weighted by Gasteiger charge is -2.28. The minimum Gasteiger partial charge on any atom is -0.379 e. The predicted molar refractivity (Wildman–Crippen MR) is 116 cm³/mol. The molecule has 1 aliphatic rings. The van der Waals surface area contributed by atoms with Crippen LogP contribution >= 0.6 is 0 Å². The van der Waals surface area contributed by atoms with Gasteiger partial charge in [0.1, 0.15) is 0 Å². The van der Waals surface area contributed by atoms with E-state index in [1.807, 2.05) is 31.3 Å². The zero-order chi connectivity index (χ0) is 20.5. The van der Waals surface area contributed by atoms with Gasteiger partial charge >= 0.3 is 0 Å². The smallest absolute Gasteiger partial charge is 0.237 e. The number of hydrogen-bond acceptors (Lipinski definition) is 4. The highest BCUT2D eigenvalue weighted by Crippen LogP contribution is 2.14. The molecule has 1 saturated heterocycles. The first-order valence-corrected chi connectivity index (χ1v) is 10.6. The normalized spacial score (nSPS) is 16.0. The highest BCUT2D eigenvalue weighted by atomic mass is 16.5. The Bertz CT molecular complexity index is 760. The summed E-state index contributed by atoms with van der Waals surface area (Å²) >= 11 is 0. The number of likely N-dealkylation sites (N-methyl/N-ethyl adjacent to an activating group) is 1. The van der Waals surface area contributed by atoms with E-state index in [2.05, 4.69) is 52.4 Å². The van der Waals surface area contributed by atoms with Crippen LogP contribution in [0.15, 0.2) is 54.6 Å². The van der Waals surface area contributed by atoms with Crippen LogP contribution in [0.4, 0.5) is 0 Å². The van der Waals surface area contributed by atoms with Gasteiger partial charge in [-0.3, -0.25) is 14.6 Å². The minimum absolute atomic E-state index is 0.0899. The Labute approximate surface area is 174 Å². The molecule has 1 atom stereocenters. The molecule has 0 bridgehead atoms. The fourth-order valence-electron chi connectivity index (χ4n) is 3.86. The summed E-state index contributed by atoms with van der Waals surface area (Å²) in [6, 6.07) is 18.5. The van der Waals surface area contributed by atoms with Crippen LogP contribution in [0.1, 0.15) is 30.0 Å². The van der Waals surface area contributed by atoms with Crippen molar-refractivity contribution < 1.29 is 9.53 Å². The monoisotopic (exact) mass is 395 g/mol. The van der Waals surface area contributed by atoms with E-state index < -0.39 is 0 Å². The van der Waals surface area contributed by atoms with Crippen molar-refractivity contribution in [2.75, 3.05) is 33.4 Å². The Hall–Kier alpha value is -2.21. The maximum Gasteiger partial charge on any atom is 0.237 e. The van der Waals surface area contributed by atoms with Crippen LogP contribution in [-0.4, -0.2) is 55.1 Å². The molecule has 1 fully saturated rings. The SMILES string of the molecule is CCC(C(=O)NCc1ccccc1CN1CCOCC1)N(C)Cc1ccccc1. The molecule has 1 heterocycles. The molecule has 1 amide bonds. The molecule has 3 rings (SSSR count). The van der Waals surface area contributed by atoms with Crippen molar-refractivity contribution in [3.8, 4) is 0 Å². The third-order valence-electron chi connectivity index (χ3n) is 5.57. The van der Waals surface area contributed by atoms with Crippen molar-refractivity contribution >= 4 is 5.91 Å². The first kappa shape index (κ1) is 21.5. The summed E-state index contributed by atoms with van der Waals surface area (Å²) in [7, 11) is 2.02. The number of morpholine rings is 1. The molecule has 29 heavy (non-hydrogen) atoms. The highest BCUT2D eigenvalue weighted by molar-refractivity contribution is 5.81. The van der Waals surface area contributed by atoms with E-state index in [1.54, 1.807) is 0 Å². The van der Waals surface area contributed by atoms with Gasteiger partial charge in [-0.25, -0.2) is 0 Å². The van der Waals surface area contributed by atoms with Crippen molar-refractivity contribution in [1.29, 1.82) is 0 Å². The van der Waals surface area contributed by atoms with E-state index in [-0.39, 0.29) is 11.9 Å². The molecular formula is C24H33N3O2. The van der Waals surface area contributed by atoms with E-state index in [0.29, 0.717) is 6.54 Å². The topological polar surface area (TPSA) is 44.8 Å². The molecule has 0 aliphatic carbocycles. The van der Waals surface area contributed by atoms with Gasteiger partial charge in [-0.05, 0) is 30.2 Å². The van der Waals surface area contributed by atoms with Crippen LogP contribution in [0, 0.1) is 0 Å². The molecule has 2 aromatic rings. The third-order valence-corrected chi connectivity index (χ3v) is 5.57. The number of carbonyl (C=O) groups excluding carboxylic acids is 1. The van der Waals surface area contributed by atoms with Crippen LogP contribution in [0.5, 0.6) is 0 Å². The zero-order valence-electron chi connectivity index (χ0n) is 17.6. The summed E-state index contributed by atoms with van der Waals surface area (Å²) in [5, 5.41) is 3.17. The average Bonchev–Trinajstić information content (AvgIpc) is 2.75. The summed E-state index contributed by atoms with van der Waals surface area (Å²) in [6.07, 6.45) is 0.782. The Balaban J connectivity index is 1.57. The van der Waals surface area contributed by atoms with Crippen molar-refractivity contribution in [1.82, 2.24) is 15.1 Å². The van der Waals surface area contributed by atoms with Crippen molar-refractivity contribution in [2.45, 2.75) is 39.0 Å². The van der Waals surface area contributed by atoms with E-state index in [9.17, 15) is 4.79 Å².